The van der Waals surface area contributed by atoms with Gasteiger partial charge in [-0.05, 0) is 25.1 Å². The minimum absolute atomic E-state index is 0.00158. The van der Waals surface area contributed by atoms with Crippen LogP contribution in [0.4, 0.5) is 23.5 Å². The number of hydrogen-bond donors (Lipinski definition) is 1. The quantitative estimate of drug-likeness (QED) is 0.246. The molecule has 1 aromatic carbocycles. The Kier molecular flexibility index (Phi) is 8.79. The molecule has 0 spiro atoms. The number of benzene rings is 1. The second-order valence-corrected chi connectivity index (χ2v) is 10.9. The van der Waals surface area contributed by atoms with E-state index in [4.69, 9.17) is 14.2 Å². The van der Waals surface area contributed by atoms with Gasteiger partial charge in [-0.15, -0.1) is 10.2 Å². The Morgan fingerprint density at radius 3 is 2.19 bits per heavy atom. The molecule has 4 rings (SSSR count). The van der Waals surface area contributed by atoms with E-state index in [9.17, 15) is 26.0 Å². The largest absolute Gasteiger partial charge is 0.494 e. The van der Waals surface area contributed by atoms with Crippen LogP contribution in [-0.2, 0) is 10.0 Å². The molecule has 12 nitrogen and oxygen atoms in total. The number of sulfonamides is 1. The standard InChI is InChI=1S/C25H25F4N7O5S/c1-14(22-30-11-16(26)12-31-22)15(2)42(37,38)35-24-34-33-23(17-7-5-10-20(32-17)41-13-25(27,28)29)36(24)21-18(39-3)8-6-9-19(21)40-4/h5-12,14-15H,13H2,1-4H3,(H,34,35)/t14-,15-/m0/s1. The smallest absolute Gasteiger partial charge is 0.422 e. The molecule has 0 aliphatic carbocycles. The number of nitrogens with one attached hydrogen (secondary N) is 1. The molecule has 0 bridgehead atoms. The van der Waals surface area contributed by atoms with Gasteiger partial charge >= 0.3 is 6.18 Å². The molecular weight excluding hydrogens is 586 g/mol. The van der Waals surface area contributed by atoms with E-state index in [1.807, 2.05) is 0 Å². The van der Waals surface area contributed by atoms with Crippen molar-refractivity contribution < 1.29 is 40.2 Å². The van der Waals surface area contributed by atoms with Crippen molar-refractivity contribution in [3.05, 3.63) is 60.4 Å². The lowest BCUT2D eigenvalue weighted by Gasteiger charge is -2.21. The fourth-order valence-corrected chi connectivity index (χ4v) is 5.04. The highest BCUT2D eigenvalue weighted by Gasteiger charge is 2.33. The third-order valence-corrected chi connectivity index (χ3v) is 7.95. The molecule has 3 aromatic heterocycles. The Morgan fingerprint density at radius 2 is 1.60 bits per heavy atom. The normalized spacial score (nSPS) is 13.3. The van der Waals surface area contributed by atoms with Crippen LogP contribution in [0.15, 0.2) is 48.8 Å². The number of anilines is 1. The summed E-state index contributed by atoms with van der Waals surface area (Å²) in [6, 6.07) is 8.83. The number of ether oxygens (including phenoxy) is 3. The number of alkyl halides is 3. The molecule has 0 amide bonds. The maximum atomic E-state index is 13.5. The minimum atomic E-state index is -4.60. The molecule has 4 aromatic rings. The molecule has 0 aliphatic rings. The zero-order chi connectivity index (χ0) is 30.7. The maximum Gasteiger partial charge on any atom is 0.422 e. The van der Waals surface area contributed by atoms with Gasteiger partial charge in [-0.2, -0.15) is 13.2 Å². The van der Waals surface area contributed by atoms with E-state index in [-0.39, 0.29) is 46.4 Å². The number of hydrogen-bond acceptors (Lipinski definition) is 10. The third-order valence-electron chi connectivity index (χ3n) is 6.10. The lowest BCUT2D eigenvalue weighted by Crippen LogP contribution is -2.31. The summed E-state index contributed by atoms with van der Waals surface area (Å²) in [5.74, 6) is -1.64. The van der Waals surface area contributed by atoms with Crippen LogP contribution >= 0.6 is 0 Å². The molecule has 0 radical (unpaired) electrons. The number of para-hydroxylation sites is 1. The highest BCUT2D eigenvalue weighted by atomic mass is 32.2. The summed E-state index contributed by atoms with van der Waals surface area (Å²) < 4.78 is 98.0. The fourth-order valence-electron chi connectivity index (χ4n) is 3.81. The molecule has 1 N–H and O–H groups in total. The molecule has 0 aliphatic heterocycles. The average molecular weight is 612 g/mol. The molecule has 0 saturated carbocycles. The number of aromatic nitrogens is 6. The van der Waals surface area contributed by atoms with Gasteiger partial charge in [-0.25, -0.2) is 27.8 Å². The van der Waals surface area contributed by atoms with E-state index in [2.05, 4.69) is 29.9 Å². The van der Waals surface area contributed by atoms with Crippen LogP contribution in [0, 0.1) is 5.82 Å². The zero-order valence-electron chi connectivity index (χ0n) is 22.6. The van der Waals surface area contributed by atoms with Crippen LogP contribution in [0.1, 0.15) is 25.6 Å². The van der Waals surface area contributed by atoms with Gasteiger partial charge in [-0.1, -0.05) is 19.1 Å². The molecule has 3 heterocycles. The molecule has 17 heteroatoms. The Balaban J connectivity index is 1.81. The van der Waals surface area contributed by atoms with Gasteiger partial charge in [0.2, 0.25) is 21.9 Å². The molecule has 42 heavy (non-hydrogen) atoms. The van der Waals surface area contributed by atoms with Gasteiger partial charge in [0.25, 0.3) is 0 Å². The van der Waals surface area contributed by atoms with E-state index in [0.29, 0.717) is 0 Å². The first-order chi connectivity index (χ1) is 19.8. The van der Waals surface area contributed by atoms with Crippen molar-refractivity contribution in [2.24, 2.45) is 0 Å². The number of rotatable bonds is 11. The summed E-state index contributed by atoms with van der Waals surface area (Å²) in [6.07, 6.45) is -2.73. The van der Waals surface area contributed by atoms with Gasteiger partial charge in [-0.3, -0.25) is 9.29 Å². The monoisotopic (exact) mass is 611 g/mol. The van der Waals surface area contributed by atoms with Crippen molar-refractivity contribution in [3.8, 4) is 34.6 Å². The number of pyridine rings is 1. The number of halogens is 4. The average Bonchev–Trinajstić information content (AvgIpc) is 3.37. The van der Waals surface area contributed by atoms with Crippen molar-refractivity contribution >= 4 is 16.0 Å². The van der Waals surface area contributed by atoms with E-state index >= 15 is 0 Å². The van der Waals surface area contributed by atoms with E-state index in [1.165, 1.54) is 43.9 Å². The summed E-state index contributed by atoms with van der Waals surface area (Å²) in [7, 11) is -1.49. The van der Waals surface area contributed by atoms with Crippen LogP contribution in [-0.4, -0.2) is 70.4 Å². The van der Waals surface area contributed by atoms with Crippen LogP contribution in [0.2, 0.25) is 0 Å². The van der Waals surface area contributed by atoms with Crippen LogP contribution in [0.3, 0.4) is 0 Å². The molecule has 0 saturated heterocycles. The Hall–Kier alpha value is -4.54. The van der Waals surface area contributed by atoms with Gasteiger partial charge in [0, 0.05) is 12.0 Å². The lowest BCUT2D eigenvalue weighted by atomic mass is 10.1. The fraction of sp³-hybridized carbons (Fsp3) is 0.320. The Morgan fingerprint density at radius 1 is 0.976 bits per heavy atom. The molecule has 224 valence electrons. The van der Waals surface area contributed by atoms with Gasteiger partial charge in [0.05, 0.1) is 31.9 Å². The number of methoxy groups -OCH3 is 2. The van der Waals surface area contributed by atoms with E-state index in [0.717, 1.165) is 12.4 Å². The maximum absolute atomic E-state index is 13.5. The first-order valence-corrected chi connectivity index (χ1v) is 13.7. The van der Waals surface area contributed by atoms with E-state index in [1.54, 1.807) is 25.1 Å². The third kappa shape index (κ3) is 6.67. The van der Waals surface area contributed by atoms with Gasteiger partial charge in [0.1, 0.15) is 28.7 Å². The first-order valence-electron chi connectivity index (χ1n) is 12.2. The highest BCUT2D eigenvalue weighted by molar-refractivity contribution is 7.93. The van der Waals surface area contributed by atoms with Crippen LogP contribution < -0.4 is 18.9 Å². The van der Waals surface area contributed by atoms with Crippen LogP contribution in [0.25, 0.3) is 17.2 Å². The molecule has 2 atom stereocenters. The van der Waals surface area contributed by atoms with Gasteiger partial charge in [0.15, 0.2) is 18.2 Å². The second-order valence-electron chi connectivity index (χ2n) is 8.86. The first kappa shape index (κ1) is 30.4. The SMILES string of the molecule is COc1cccc(OC)c1-n1c(NS(=O)(=O)[C@@H](C)[C@H](C)c2ncc(F)cn2)nnc1-c1cccc(OCC(F)(F)F)n1. The van der Waals surface area contributed by atoms with Crippen LogP contribution in [0.5, 0.6) is 17.4 Å². The Bertz CT molecular complexity index is 1630. The van der Waals surface area contributed by atoms with Crippen molar-refractivity contribution in [2.75, 3.05) is 25.5 Å². The summed E-state index contributed by atoms with van der Waals surface area (Å²) in [5.41, 5.74) is 0.174. The second kappa shape index (κ2) is 12.1. The predicted octanol–water partition coefficient (Wildman–Crippen LogP) is 4.15. The van der Waals surface area contributed by atoms with Crippen molar-refractivity contribution in [1.29, 1.82) is 0 Å². The zero-order valence-corrected chi connectivity index (χ0v) is 23.4. The van der Waals surface area contributed by atoms with Gasteiger partial charge < -0.3 is 14.2 Å². The lowest BCUT2D eigenvalue weighted by molar-refractivity contribution is -0.154. The summed E-state index contributed by atoms with van der Waals surface area (Å²) >= 11 is 0. The Labute approximate surface area is 237 Å². The summed E-state index contributed by atoms with van der Waals surface area (Å²) in [5, 5.41) is 6.96. The highest BCUT2D eigenvalue weighted by Crippen LogP contribution is 2.38. The molecule has 0 fully saturated rings. The van der Waals surface area contributed by atoms with Crippen molar-refractivity contribution in [2.45, 2.75) is 31.2 Å². The van der Waals surface area contributed by atoms with Crippen molar-refractivity contribution in [1.82, 2.24) is 29.7 Å². The van der Waals surface area contributed by atoms with E-state index < -0.39 is 39.8 Å². The predicted molar refractivity (Wildman–Crippen MR) is 142 cm³/mol. The minimum Gasteiger partial charge on any atom is -0.494 e. The number of nitrogens with zero attached hydrogens (tertiary/aromatic N) is 6. The summed E-state index contributed by atoms with van der Waals surface area (Å²) in [4.78, 5) is 11.9. The van der Waals surface area contributed by atoms with Crippen molar-refractivity contribution in [3.63, 3.8) is 0 Å². The topological polar surface area (TPSA) is 143 Å². The molecule has 0 unspecified atom stereocenters. The molecular formula is C25H25F4N7O5S. The summed E-state index contributed by atoms with van der Waals surface area (Å²) in [6.45, 7) is 1.40.